The maximum Gasteiger partial charge on any atom is 0.256 e. The Balaban J connectivity index is 1.07. The molecule has 0 saturated carbocycles. The van der Waals surface area contributed by atoms with E-state index in [9.17, 15) is 0 Å². The average Bonchev–Trinajstić information content (AvgIpc) is 1.30. The lowest BCUT2D eigenvalue weighted by Gasteiger charge is -2.41. The lowest BCUT2D eigenvalue weighted by molar-refractivity contribution is 0.471. The summed E-state index contributed by atoms with van der Waals surface area (Å²) in [5.74, 6) is 3.56. The van der Waals surface area contributed by atoms with E-state index in [-0.39, 0.29) is 24.3 Å². The van der Waals surface area contributed by atoms with Crippen LogP contribution < -0.4 is 42.3 Å². The number of ether oxygens (including phenoxy) is 2. The summed E-state index contributed by atoms with van der Waals surface area (Å²) in [5, 5.41) is 4.86. The molecule has 0 spiro atoms. The van der Waals surface area contributed by atoms with Crippen molar-refractivity contribution in [3.8, 4) is 78.9 Å². The number of rotatable bonds is 4. The first-order valence-corrected chi connectivity index (χ1v) is 29.9. The number of aromatic nitrogens is 2. The first-order chi connectivity index (χ1) is 40.5. The van der Waals surface area contributed by atoms with Crippen molar-refractivity contribution in [1.29, 1.82) is 0 Å². The molecule has 4 aliphatic rings. The molecule has 0 N–H and O–H groups in total. The van der Waals surface area contributed by atoms with Crippen LogP contribution in [0.4, 0.5) is 0 Å². The second-order valence-electron chi connectivity index (χ2n) is 26.8. The molecule has 0 fully saturated rings. The Morgan fingerprint density at radius 1 is 0.310 bits per heavy atom. The molecule has 17 rings (SSSR count). The quantitative estimate of drug-likeness (QED) is 0.164. The van der Waals surface area contributed by atoms with Crippen molar-refractivity contribution in [3.05, 3.63) is 228 Å². The fourth-order valence-electron chi connectivity index (χ4n) is 14.7. The van der Waals surface area contributed by atoms with Crippen LogP contribution in [0, 0.1) is 27.7 Å². The van der Waals surface area contributed by atoms with Gasteiger partial charge in [-0.25, -0.2) is 0 Å². The number of nitrogens with zero attached hydrogens (tertiary/aromatic N) is 2. The molecule has 6 heteroatoms. The van der Waals surface area contributed by atoms with Crippen molar-refractivity contribution in [1.82, 2.24) is 9.13 Å². The van der Waals surface area contributed by atoms with E-state index >= 15 is 0 Å². The van der Waals surface area contributed by atoms with Crippen LogP contribution in [0.15, 0.2) is 194 Å². The standard InChI is InChI=1S/C78H62B2N2O2/c1-43-11-19-47(20-12-43)51-27-31-65-57(35-51)59-37-53(49-23-15-45(3)16-24-49)39-63-71(59)81(65)73-69-76(84-67-33-29-55(77(5,6)7)41-61(67)79(63)69)74-70-75(73)83-68-34-30-56(78(8,9)10)42-62(68)80(70)64-40-54(50-25-17-46(4)18-26-50)38-60-58-36-52(48-21-13-44(2)14-22-48)28-32-66(58)82(74)72(60)64/h11-42H,1-10H3. The van der Waals surface area contributed by atoms with Crippen LogP contribution in [0.5, 0.6) is 23.0 Å². The van der Waals surface area contributed by atoms with Crippen LogP contribution in [0.2, 0.25) is 0 Å². The fraction of sp³-hybridized carbons (Fsp3) is 0.154. The van der Waals surface area contributed by atoms with Crippen molar-refractivity contribution in [2.45, 2.75) is 80.1 Å². The summed E-state index contributed by atoms with van der Waals surface area (Å²) >= 11 is 0. The minimum atomic E-state index is -0.216. The van der Waals surface area contributed by atoms with Crippen LogP contribution in [-0.2, 0) is 10.8 Å². The number of fused-ring (bicyclic) bond motifs is 16. The zero-order valence-electron chi connectivity index (χ0n) is 49.3. The third kappa shape index (κ3) is 7.03. The van der Waals surface area contributed by atoms with Crippen LogP contribution in [0.3, 0.4) is 0 Å². The van der Waals surface area contributed by atoms with E-state index in [2.05, 4.69) is 272 Å². The molecule has 6 heterocycles. The Kier molecular flexibility index (Phi) is 10.1. The van der Waals surface area contributed by atoms with Gasteiger partial charge >= 0.3 is 0 Å². The second kappa shape index (κ2) is 17.2. The summed E-state index contributed by atoms with van der Waals surface area (Å²) in [6.07, 6.45) is 0. The predicted octanol–water partition coefficient (Wildman–Crippen LogP) is 16.2. The molecule has 84 heavy (non-hydrogen) atoms. The highest BCUT2D eigenvalue weighted by molar-refractivity contribution is 7.02. The highest BCUT2D eigenvalue weighted by atomic mass is 16.5. The molecule has 0 bridgehead atoms. The van der Waals surface area contributed by atoms with E-state index in [0.717, 1.165) is 56.3 Å². The van der Waals surface area contributed by atoms with Gasteiger partial charge in [-0.2, -0.15) is 0 Å². The van der Waals surface area contributed by atoms with Crippen LogP contribution in [0.25, 0.3) is 99.5 Å². The van der Waals surface area contributed by atoms with Crippen molar-refractivity contribution < 1.29 is 9.47 Å². The Morgan fingerprint density at radius 2 is 0.631 bits per heavy atom. The lowest BCUT2D eigenvalue weighted by atomic mass is 9.31. The van der Waals surface area contributed by atoms with E-state index in [4.69, 9.17) is 9.47 Å². The maximum atomic E-state index is 7.93. The summed E-state index contributed by atoms with van der Waals surface area (Å²) in [7, 11) is 0. The Hall–Kier alpha value is -9.25. The summed E-state index contributed by atoms with van der Waals surface area (Å²) in [4.78, 5) is 0. The fourth-order valence-corrected chi connectivity index (χ4v) is 14.7. The minimum Gasteiger partial charge on any atom is -0.456 e. The third-order valence-corrected chi connectivity index (χ3v) is 19.2. The molecule has 13 aromatic rings. The van der Waals surface area contributed by atoms with Crippen LogP contribution in [-0.4, -0.2) is 22.6 Å². The first kappa shape index (κ1) is 49.4. The van der Waals surface area contributed by atoms with Gasteiger partial charge in [0.15, 0.2) is 0 Å². The van der Waals surface area contributed by atoms with Gasteiger partial charge in [-0.05, 0) is 165 Å². The molecular weight excluding hydrogens is 1020 g/mol. The van der Waals surface area contributed by atoms with Crippen molar-refractivity contribution in [3.63, 3.8) is 0 Å². The minimum absolute atomic E-state index is 0.116. The normalized spacial score (nSPS) is 13.5. The number of hydrogen-bond acceptors (Lipinski definition) is 2. The van der Waals surface area contributed by atoms with Crippen molar-refractivity contribution in [2.75, 3.05) is 0 Å². The highest BCUT2D eigenvalue weighted by Crippen LogP contribution is 2.50. The summed E-state index contributed by atoms with van der Waals surface area (Å²) in [6, 6.07) is 74.4. The lowest BCUT2D eigenvalue weighted by Crippen LogP contribution is -2.63. The molecule has 11 aromatic carbocycles. The van der Waals surface area contributed by atoms with Gasteiger partial charge in [0.1, 0.15) is 23.0 Å². The maximum absolute atomic E-state index is 7.93. The van der Waals surface area contributed by atoms with Gasteiger partial charge in [0.25, 0.3) is 13.4 Å². The number of hydrogen-bond donors (Lipinski definition) is 0. The van der Waals surface area contributed by atoms with Gasteiger partial charge in [0.05, 0.1) is 22.4 Å². The molecular formula is C78H62B2N2O2. The highest BCUT2D eigenvalue weighted by Gasteiger charge is 2.51. The van der Waals surface area contributed by atoms with Gasteiger partial charge in [0, 0.05) is 43.5 Å². The molecule has 0 amide bonds. The Labute approximate surface area is 492 Å². The smallest absolute Gasteiger partial charge is 0.256 e. The molecule has 4 aliphatic heterocycles. The van der Waals surface area contributed by atoms with Crippen LogP contribution in [0.1, 0.15) is 74.9 Å². The second-order valence-corrected chi connectivity index (χ2v) is 26.8. The summed E-state index contributed by atoms with van der Waals surface area (Å²) in [6.45, 7) is 22.2. The Morgan fingerprint density at radius 3 is 0.976 bits per heavy atom. The van der Waals surface area contributed by atoms with Gasteiger partial charge in [0.2, 0.25) is 0 Å². The van der Waals surface area contributed by atoms with E-state index < -0.39 is 0 Å². The van der Waals surface area contributed by atoms with E-state index in [0.29, 0.717) is 0 Å². The van der Waals surface area contributed by atoms with Crippen molar-refractivity contribution >= 4 is 89.8 Å². The molecule has 0 unspecified atom stereocenters. The zero-order chi connectivity index (χ0) is 57.0. The van der Waals surface area contributed by atoms with Gasteiger partial charge in [-0.1, -0.05) is 209 Å². The van der Waals surface area contributed by atoms with E-state index in [1.54, 1.807) is 0 Å². The van der Waals surface area contributed by atoms with Gasteiger partial charge < -0.3 is 18.6 Å². The van der Waals surface area contributed by atoms with Crippen molar-refractivity contribution in [2.24, 2.45) is 0 Å². The molecule has 402 valence electrons. The van der Waals surface area contributed by atoms with Gasteiger partial charge in [-0.3, -0.25) is 0 Å². The summed E-state index contributed by atoms with van der Waals surface area (Å²) in [5.41, 5.74) is 30.8. The first-order valence-electron chi connectivity index (χ1n) is 29.9. The molecule has 0 aliphatic carbocycles. The molecule has 0 radical (unpaired) electrons. The number of aryl methyl sites for hydroxylation is 4. The monoisotopic (exact) mass is 1080 g/mol. The van der Waals surface area contributed by atoms with Crippen LogP contribution >= 0.6 is 0 Å². The van der Waals surface area contributed by atoms with E-state index in [1.165, 1.54) is 132 Å². The Bertz CT molecular complexity index is 4730. The largest absolute Gasteiger partial charge is 0.456 e. The third-order valence-electron chi connectivity index (χ3n) is 19.2. The molecule has 0 atom stereocenters. The predicted molar refractivity (Wildman–Crippen MR) is 356 cm³/mol. The van der Waals surface area contributed by atoms with Gasteiger partial charge in [-0.15, -0.1) is 0 Å². The molecule has 0 saturated heterocycles. The number of benzene rings is 11. The molecule has 4 nitrogen and oxygen atoms in total. The average molecular weight is 1080 g/mol. The summed E-state index contributed by atoms with van der Waals surface area (Å²) < 4.78 is 21.0. The SMILES string of the molecule is Cc1ccc(-c2ccc3c(c2)c2cc(-c4ccc(C)cc4)cc4c2n3-c2c3c5c(c6c2B4c2cc(C(C)(C)C)ccc2O6)-n2c4ccc(-c6ccc(C)cc6)cc4c4cc(-c6ccc(C)cc6)cc(c42)B5c2cc(C(C)(C)C)ccc2O3)cc1. The van der Waals surface area contributed by atoms with E-state index in [1.807, 2.05) is 0 Å². The topological polar surface area (TPSA) is 28.3 Å². The molecule has 2 aromatic heterocycles. The zero-order valence-corrected chi connectivity index (χ0v) is 49.3.